The number of allylic oxidation sites excluding steroid dienone is 2. The summed E-state index contributed by atoms with van der Waals surface area (Å²) < 4.78 is 55.1. The second kappa shape index (κ2) is 10.9. The molecule has 166 valence electrons. The highest BCUT2D eigenvalue weighted by atomic mass is 19.4. The largest absolute Gasteiger partial charge is 0.396 e. The molecule has 0 aliphatic carbocycles. The number of halogens is 4. The van der Waals surface area contributed by atoms with Crippen LogP contribution in [-0.4, -0.2) is 6.18 Å². The van der Waals surface area contributed by atoms with Crippen LogP contribution in [0.3, 0.4) is 0 Å². The zero-order valence-corrected chi connectivity index (χ0v) is 17.9. The number of hydrogen-bond acceptors (Lipinski definition) is 0. The number of alkyl halides is 3. The highest BCUT2D eigenvalue weighted by Crippen LogP contribution is 2.37. The first-order chi connectivity index (χ1) is 15.4. The molecule has 3 rings (SSSR count). The van der Waals surface area contributed by atoms with Gasteiger partial charge in [0.2, 0.25) is 0 Å². The molecule has 0 spiro atoms. The molecule has 0 amide bonds. The van der Waals surface area contributed by atoms with E-state index in [1.165, 1.54) is 12.1 Å². The molecule has 0 saturated heterocycles. The van der Waals surface area contributed by atoms with Crippen molar-refractivity contribution in [3.8, 4) is 0 Å². The third-order valence-corrected chi connectivity index (χ3v) is 5.37. The second-order valence-electron chi connectivity index (χ2n) is 7.75. The lowest BCUT2D eigenvalue weighted by Crippen LogP contribution is -2.22. The molecule has 4 heteroatoms. The van der Waals surface area contributed by atoms with Crippen LogP contribution >= 0.6 is 0 Å². The van der Waals surface area contributed by atoms with Gasteiger partial charge in [-0.1, -0.05) is 91.0 Å². The van der Waals surface area contributed by atoms with E-state index < -0.39 is 12.1 Å². The van der Waals surface area contributed by atoms with Crippen LogP contribution in [0.2, 0.25) is 0 Å². The Kier molecular flexibility index (Phi) is 8.04. The molecule has 1 atom stereocenters. The van der Waals surface area contributed by atoms with Crippen molar-refractivity contribution >= 4 is 12.2 Å². The topological polar surface area (TPSA) is 0 Å². The Labute approximate surface area is 186 Å². The smallest absolute Gasteiger partial charge is 0.206 e. The molecule has 0 bridgehead atoms. The highest BCUT2D eigenvalue weighted by molar-refractivity contribution is 5.70. The van der Waals surface area contributed by atoms with Crippen molar-refractivity contribution in [2.24, 2.45) is 0 Å². The molecule has 0 N–H and O–H groups in total. The predicted molar refractivity (Wildman–Crippen MR) is 124 cm³/mol. The summed E-state index contributed by atoms with van der Waals surface area (Å²) >= 11 is 0. The van der Waals surface area contributed by atoms with Gasteiger partial charge < -0.3 is 0 Å². The molecule has 0 nitrogen and oxygen atoms in total. The molecular formula is C28H26F4. The standard InChI is InChI=1S/C28H26F4/c1-2-3-5-8-22-16-18-25(27(29)20-22)17-15-21-11-13-23(14-12-21)19-26(28(30,31)32)24-9-6-4-7-10-24/h2-4,6-7,9-18,20,26H,5,8,19H2,1H3/b3-2+,17-15?/t26-/m0/s1. The van der Waals surface area contributed by atoms with Gasteiger partial charge in [0.1, 0.15) is 5.82 Å². The maximum absolute atomic E-state index is 14.4. The van der Waals surface area contributed by atoms with E-state index in [1.807, 2.05) is 25.1 Å². The minimum absolute atomic E-state index is 0.124. The van der Waals surface area contributed by atoms with Crippen molar-refractivity contribution in [1.82, 2.24) is 0 Å². The minimum atomic E-state index is -4.32. The monoisotopic (exact) mass is 438 g/mol. The third-order valence-electron chi connectivity index (χ3n) is 5.37. The average molecular weight is 439 g/mol. The molecular weight excluding hydrogens is 412 g/mol. The molecule has 0 fully saturated rings. The van der Waals surface area contributed by atoms with E-state index in [4.69, 9.17) is 0 Å². The Balaban J connectivity index is 1.68. The van der Waals surface area contributed by atoms with E-state index in [1.54, 1.807) is 66.7 Å². The molecule has 0 radical (unpaired) electrons. The van der Waals surface area contributed by atoms with Crippen molar-refractivity contribution < 1.29 is 17.6 Å². The number of rotatable bonds is 8. The van der Waals surface area contributed by atoms with Gasteiger partial charge in [-0.25, -0.2) is 4.39 Å². The molecule has 3 aromatic carbocycles. The molecule has 0 aliphatic rings. The summed E-state index contributed by atoms with van der Waals surface area (Å²) in [5, 5.41) is 0. The van der Waals surface area contributed by atoms with E-state index in [9.17, 15) is 17.6 Å². The molecule has 0 aliphatic heterocycles. The van der Waals surface area contributed by atoms with E-state index in [0.717, 1.165) is 24.0 Å². The Hall–Kier alpha value is -3.14. The Morgan fingerprint density at radius 1 is 0.844 bits per heavy atom. The van der Waals surface area contributed by atoms with Crippen LogP contribution in [0.15, 0.2) is 84.9 Å². The first-order valence-electron chi connectivity index (χ1n) is 10.6. The zero-order chi connectivity index (χ0) is 23.0. The van der Waals surface area contributed by atoms with Crippen molar-refractivity contribution in [3.63, 3.8) is 0 Å². The van der Waals surface area contributed by atoms with Gasteiger partial charge >= 0.3 is 6.18 Å². The van der Waals surface area contributed by atoms with Crippen LogP contribution in [-0.2, 0) is 12.8 Å². The van der Waals surface area contributed by atoms with Gasteiger partial charge in [-0.2, -0.15) is 13.2 Å². The third kappa shape index (κ3) is 6.68. The Bertz CT molecular complexity index is 1050. The summed E-state index contributed by atoms with van der Waals surface area (Å²) in [4.78, 5) is 0. The van der Waals surface area contributed by atoms with Gasteiger partial charge in [0.25, 0.3) is 0 Å². The normalized spacial score (nSPS) is 13.2. The molecule has 3 aromatic rings. The summed E-state index contributed by atoms with van der Waals surface area (Å²) in [5.74, 6) is -1.84. The lowest BCUT2D eigenvalue weighted by Gasteiger charge is -2.21. The van der Waals surface area contributed by atoms with Crippen molar-refractivity contribution in [3.05, 3.63) is 119 Å². The van der Waals surface area contributed by atoms with Crippen LogP contribution in [0.25, 0.3) is 12.2 Å². The maximum atomic E-state index is 14.4. The Morgan fingerprint density at radius 3 is 2.16 bits per heavy atom. The fourth-order valence-electron chi connectivity index (χ4n) is 3.57. The lowest BCUT2D eigenvalue weighted by molar-refractivity contribution is -0.150. The summed E-state index contributed by atoms with van der Waals surface area (Å²) in [6.07, 6.45) is 4.68. The van der Waals surface area contributed by atoms with Crippen molar-refractivity contribution in [2.75, 3.05) is 0 Å². The van der Waals surface area contributed by atoms with E-state index >= 15 is 0 Å². The molecule has 0 aromatic heterocycles. The zero-order valence-electron chi connectivity index (χ0n) is 17.9. The van der Waals surface area contributed by atoms with Gasteiger partial charge in [0.05, 0.1) is 5.92 Å². The molecule has 0 unspecified atom stereocenters. The first kappa shape index (κ1) is 23.5. The summed E-state index contributed by atoms with van der Waals surface area (Å²) in [7, 11) is 0. The summed E-state index contributed by atoms with van der Waals surface area (Å²) in [6, 6.07) is 20.1. The average Bonchev–Trinajstić information content (AvgIpc) is 2.78. The van der Waals surface area contributed by atoms with Crippen molar-refractivity contribution in [1.29, 1.82) is 0 Å². The number of benzene rings is 3. The second-order valence-corrected chi connectivity index (χ2v) is 7.75. The number of aryl methyl sites for hydroxylation is 1. The molecule has 32 heavy (non-hydrogen) atoms. The summed E-state index contributed by atoms with van der Waals surface area (Å²) in [5.41, 5.74) is 3.08. The van der Waals surface area contributed by atoms with E-state index in [-0.39, 0.29) is 17.8 Å². The minimum Gasteiger partial charge on any atom is -0.206 e. The molecule has 0 saturated carbocycles. The van der Waals surface area contributed by atoms with Crippen LogP contribution in [0.5, 0.6) is 0 Å². The fraction of sp³-hybridized carbons (Fsp3) is 0.214. The van der Waals surface area contributed by atoms with Gasteiger partial charge in [-0.3, -0.25) is 0 Å². The van der Waals surface area contributed by atoms with Crippen LogP contribution in [0.1, 0.15) is 47.1 Å². The van der Waals surface area contributed by atoms with Gasteiger partial charge in [-0.15, -0.1) is 0 Å². The van der Waals surface area contributed by atoms with Crippen LogP contribution < -0.4 is 0 Å². The van der Waals surface area contributed by atoms with Gasteiger partial charge in [0.15, 0.2) is 0 Å². The maximum Gasteiger partial charge on any atom is 0.396 e. The number of hydrogen-bond donors (Lipinski definition) is 0. The van der Waals surface area contributed by atoms with E-state index in [2.05, 4.69) is 0 Å². The van der Waals surface area contributed by atoms with Gasteiger partial charge in [0, 0.05) is 5.56 Å². The fourth-order valence-corrected chi connectivity index (χ4v) is 3.57. The van der Waals surface area contributed by atoms with Crippen LogP contribution in [0, 0.1) is 5.82 Å². The Morgan fingerprint density at radius 2 is 1.53 bits per heavy atom. The first-order valence-corrected chi connectivity index (χ1v) is 10.6. The van der Waals surface area contributed by atoms with E-state index in [0.29, 0.717) is 11.1 Å². The SMILES string of the molecule is C/C=C/CCc1ccc(C=Cc2ccc(C[C@@H](c3ccccc3)C(F)(F)F)cc2)c(F)c1. The predicted octanol–water partition coefficient (Wildman–Crippen LogP) is 8.39. The van der Waals surface area contributed by atoms with Gasteiger partial charge in [-0.05, 0) is 54.5 Å². The molecule has 0 heterocycles. The quantitative estimate of drug-likeness (QED) is 0.188. The lowest BCUT2D eigenvalue weighted by atomic mass is 9.91. The van der Waals surface area contributed by atoms with Crippen LogP contribution in [0.4, 0.5) is 17.6 Å². The summed E-state index contributed by atoms with van der Waals surface area (Å²) in [6.45, 7) is 1.96. The highest BCUT2D eigenvalue weighted by Gasteiger charge is 2.40. The van der Waals surface area contributed by atoms with Crippen molar-refractivity contribution in [2.45, 2.75) is 38.3 Å².